The number of aromatic carboxylic acids is 1. The number of hydrogen-bond acceptors (Lipinski definition) is 4. The Kier molecular flexibility index (Phi) is 4.29. The Morgan fingerprint density at radius 1 is 1.29 bits per heavy atom. The summed E-state index contributed by atoms with van der Waals surface area (Å²) in [6.07, 6.45) is 1.48. The third-order valence-electron chi connectivity index (χ3n) is 2.79. The Hall–Kier alpha value is -1.93. The zero-order valence-corrected chi connectivity index (χ0v) is 13.3. The van der Waals surface area contributed by atoms with E-state index >= 15 is 0 Å². The first-order chi connectivity index (χ1) is 9.84. The molecule has 0 atom stereocenters. The van der Waals surface area contributed by atoms with E-state index < -0.39 is 16.0 Å². The molecule has 21 heavy (non-hydrogen) atoms. The average molecular weight is 371 g/mol. The van der Waals surface area contributed by atoms with E-state index in [4.69, 9.17) is 5.11 Å². The van der Waals surface area contributed by atoms with Crippen molar-refractivity contribution in [3.63, 3.8) is 0 Å². The van der Waals surface area contributed by atoms with Crippen LogP contribution in [0.2, 0.25) is 0 Å². The monoisotopic (exact) mass is 370 g/mol. The predicted octanol–water partition coefficient (Wildman–Crippen LogP) is 2.37. The molecule has 0 saturated carbocycles. The number of carboxylic acid groups (broad SMARTS) is 1. The van der Waals surface area contributed by atoms with Crippen molar-refractivity contribution in [2.45, 2.75) is 4.90 Å². The van der Waals surface area contributed by atoms with Crippen LogP contribution in [0.15, 0.2) is 52.0 Å². The molecule has 0 aliphatic rings. The molecule has 2 rings (SSSR count). The second-order valence-electron chi connectivity index (χ2n) is 4.11. The third kappa shape index (κ3) is 3.06. The normalized spacial score (nSPS) is 11.1. The Bertz CT molecular complexity index is 778. The molecule has 8 heteroatoms. The SMILES string of the molecule is CN(c1ccccn1)S(=O)(=O)c1cc(C(=O)O)ccc1Br. The third-order valence-corrected chi connectivity index (χ3v) is 5.54. The van der Waals surface area contributed by atoms with Crippen molar-refractivity contribution in [2.75, 3.05) is 11.4 Å². The van der Waals surface area contributed by atoms with Gasteiger partial charge in [-0.05, 0) is 46.3 Å². The lowest BCUT2D eigenvalue weighted by Gasteiger charge is -2.19. The first-order valence-electron chi connectivity index (χ1n) is 5.77. The second kappa shape index (κ2) is 5.82. The quantitative estimate of drug-likeness (QED) is 0.892. The molecule has 0 bridgehead atoms. The van der Waals surface area contributed by atoms with Gasteiger partial charge in [0.1, 0.15) is 10.7 Å². The standard InChI is InChI=1S/C13H11BrN2O4S/c1-16(12-4-2-3-7-15-12)21(19,20)11-8-9(13(17)18)5-6-10(11)14/h2-8H,1H3,(H,17,18). The molecule has 0 radical (unpaired) electrons. The number of carboxylic acids is 1. The molecule has 0 saturated heterocycles. The van der Waals surface area contributed by atoms with Crippen LogP contribution in [-0.2, 0) is 10.0 Å². The molecule has 1 heterocycles. The molecule has 6 nitrogen and oxygen atoms in total. The molecule has 2 aromatic rings. The Morgan fingerprint density at radius 2 is 2.00 bits per heavy atom. The van der Waals surface area contributed by atoms with Crippen molar-refractivity contribution in [2.24, 2.45) is 0 Å². The molecule has 0 spiro atoms. The van der Waals surface area contributed by atoms with Crippen molar-refractivity contribution >= 4 is 37.7 Å². The molecular formula is C13H11BrN2O4S. The van der Waals surface area contributed by atoms with E-state index in [2.05, 4.69) is 20.9 Å². The second-order valence-corrected chi connectivity index (χ2v) is 6.90. The molecule has 0 aliphatic carbocycles. The number of rotatable bonds is 4. The summed E-state index contributed by atoms with van der Waals surface area (Å²) in [5.41, 5.74) is -0.105. The number of hydrogen-bond donors (Lipinski definition) is 1. The van der Waals surface area contributed by atoms with Crippen LogP contribution < -0.4 is 4.31 Å². The summed E-state index contributed by atoms with van der Waals surface area (Å²) in [6.45, 7) is 0. The number of pyridine rings is 1. The van der Waals surface area contributed by atoms with Gasteiger partial charge < -0.3 is 5.11 Å². The van der Waals surface area contributed by atoms with Crippen molar-refractivity contribution in [3.05, 3.63) is 52.6 Å². The van der Waals surface area contributed by atoms with Gasteiger partial charge >= 0.3 is 5.97 Å². The van der Waals surface area contributed by atoms with Crippen LogP contribution in [0.5, 0.6) is 0 Å². The first-order valence-corrected chi connectivity index (χ1v) is 8.00. The van der Waals surface area contributed by atoms with Gasteiger partial charge in [-0.15, -0.1) is 0 Å². The smallest absolute Gasteiger partial charge is 0.335 e. The lowest BCUT2D eigenvalue weighted by atomic mass is 10.2. The molecule has 1 aromatic heterocycles. The molecule has 0 amide bonds. The van der Waals surface area contributed by atoms with Gasteiger partial charge in [0.25, 0.3) is 10.0 Å². The van der Waals surface area contributed by atoms with E-state index in [1.165, 1.54) is 25.4 Å². The minimum absolute atomic E-state index is 0.105. The summed E-state index contributed by atoms with van der Waals surface area (Å²) in [5.74, 6) is -0.954. The molecule has 0 aliphatic heterocycles. The number of anilines is 1. The largest absolute Gasteiger partial charge is 0.478 e. The van der Waals surface area contributed by atoms with Gasteiger partial charge in [-0.1, -0.05) is 6.07 Å². The maximum Gasteiger partial charge on any atom is 0.335 e. The number of benzene rings is 1. The molecule has 1 N–H and O–H groups in total. The van der Waals surface area contributed by atoms with Crippen LogP contribution >= 0.6 is 15.9 Å². The number of halogens is 1. The van der Waals surface area contributed by atoms with Crippen LogP contribution in [0.3, 0.4) is 0 Å². The van der Waals surface area contributed by atoms with E-state index in [9.17, 15) is 13.2 Å². The van der Waals surface area contributed by atoms with Crippen molar-refractivity contribution in [3.8, 4) is 0 Å². The van der Waals surface area contributed by atoms with Gasteiger partial charge in [-0.3, -0.25) is 4.31 Å². The molecule has 0 fully saturated rings. The number of nitrogens with zero attached hydrogens (tertiary/aromatic N) is 2. The van der Waals surface area contributed by atoms with Gasteiger partial charge in [0.2, 0.25) is 0 Å². The van der Waals surface area contributed by atoms with Crippen molar-refractivity contribution in [1.82, 2.24) is 4.98 Å². The van der Waals surface area contributed by atoms with E-state index in [-0.39, 0.29) is 20.7 Å². The van der Waals surface area contributed by atoms with Crippen LogP contribution in [0, 0.1) is 0 Å². The van der Waals surface area contributed by atoms with E-state index in [0.29, 0.717) is 0 Å². The maximum absolute atomic E-state index is 12.6. The lowest BCUT2D eigenvalue weighted by molar-refractivity contribution is 0.0696. The Morgan fingerprint density at radius 3 is 2.57 bits per heavy atom. The molecule has 0 unspecified atom stereocenters. The summed E-state index contributed by atoms with van der Waals surface area (Å²) in [6, 6.07) is 8.71. The van der Waals surface area contributed by atoms with E-state index in [0.717, 1.165) is 10.4 Å². The van der Waals surface area contributed by atoms with Crippen LogP contribution in [0.25, 0.3) is 0 Å². The van der Waals surface area contributed by atoms with E-state index in [1.807, 2.05) is 0 Å². The number of carbonyl (C=O) groups is 1. The summed E-state index contributed by atoms with van der Waals surface area (Å²) >= 11 is 3.14. The topological polar surface area (TPSA) is 87.6 Å². The van der Waals surface area contributed by atoms with Crippen LogP contribution in [-0.4, -0.2) is 31.5 Å². The summed E-state index contributed by atoms with van der Waals surface area (Å²) in [5, 5.41) is 8.99. The van der Waals surface area contributed by atoms with Gasteiger partial charge in [-0.2, -0.15) is 0 Å². The van der Waals surface area contributed by atoms with Gasteiger partial charge in [0.05, 0.1) is 5.56 Å². The van der Waals surface area contributed by atoms with E-state index in [1.54, 1.807) is 18.2 Å². The summed E-state index contributed by atoms with van der Waals surface area (Å²) in [4.78, 5) is 14.8. The Balaban J connectivity index is 2.54. The zero-order chi connectivity index (χ0) is 15.6. The van der Waals surface area contributed by atoms with Gasteiger partial charge in [0, 0.05) is 17.7 Å². The average Bonchev–Trinajstić information content (AvgIpc) is 2.47. The van der Waals surface area contributed by atoms with Gasteiger partial charge in [0.15, 0.2) is 0 Å². The molecular weight excluding hydrogens is 360 g/mol. The highest BCUT2D eigenvalue weighted by atomic mass is 79.9. The Labute approximate surface area is 130 Å². The predicted molar refractivity (Wildman–Crippen MR) is 80.9 cm³/mol. The van der Waals surface area contributed by atoms with Crippen LogP contribution in [0.1, 0.15) is 10.4 Å². The minimum Gasteiger partial charge on any atom is -0.478 e. The first kappa shape index (κ1) is 15.5. The van der Waals surface area contributed by atoms with Crippen molar-refractivity contribution < 1.29 is 18.3 Å². The molecule has 1 aromatic carbocycles. The molecule has 110 valence electrons. The fourth-order valence-corrected chi connectivity index (χ4v) is 3.74. The maximum atomic E-state index is 12.6. The zero-order valence-electron chi connectivity index (χ0n) is 10.9. The highest BCUT2D eigenvalue weighted by molar-refractivity contribution is 9.10. The number of sulfonamides is 1. The summed E-state index contributed by atoms with van der Waals surface area (Å²) < 4.78 is 26.5. The summed E-state index contributed by atoms with van der Waals surface area (Å²) in [7, 11) is -2.56. The fourth-order valence-electron chi connectivity index (χ4n) is 1.64. The van der Waals surface area contributed by atoms with Crippen molar-refractivity contribution in [1.29, 1.82) is 0 Å². The lowest BCUT2D eigenvalue weighted by Crippen LogP contribution is -2.27. The van der Waals surface area contributed by atoms with Gasteiger partial charge in [-0.25, -0.2) is 18.2 Å². The highest BCUT2D eigenvalue weighted by Crippen LogP contribution is 2.27. The number of aromatic nitrogens is 1. The minimum atomic E-state index is -3.92. The fraction of sp³-hybridized carbons (Fsp3) is 0.0769. The van der Waals surface area contributed by atoms with Crippen LogP contribution in [0.4, 0.5) is 5.82 Å². The highest BCUT2D eigenvalue weighted by Gasteiger charge is 2.25.